The predicted molar refractivity (Wildman–Crippen MR) is 62.4 cm³/mol. The van der Waals surface area contributed by atoms with Gasteiger partial charge >= 0.3 is 0 Å². The van der Waals surface area contributed by atoms with Gasteiger partial charge in [-0.1, -0.05) is 30.7 Å². The largest absolute Gasteiger partial charge is 0.294 e. The lowest BCUT2D eigenvalue weighted by atomic mass is 9.95. The van der Waals surface area contributed by atoms with Gasteiger partial charge in [-0.2, -0.15) is 0 Å². The molecular formula is C13H15ClO. The van der Waals surface area contributed by atoms with Crippen molar-refractivity contribution >= 4 is 17.4 Å². The molecule has 0 heterocycles. The van der Waals surface area contributed by atoms with E-state index in [1.165, 1.54) is 12.8 Å². The van der Waals surface area contributed by atoms with E-state index in [0.717, 1.165) is 11.1 Å². The van der Waals surface area contributed by atoms with Gasteiger partial charge in [0.2, 0.25) is 0 Å². The minimum Gasteiger partial charge on any atom is -0.294 e. The Kier molecular flexibility index (Phi) is 2.83. The van der Waals surface area contributed by atoms with Gasteiger partial charge in [-0.05, 0) is 37.3 Å². The summed E-state index contributed by atoms with van der Waals surface area (Å²) in [7, 11) is 0. The number of carbonyl (C=O) groups is 1. The lowest BCUT2D eigenvalue weighted by Crippen LogP contribution is -2.13. The highest BCUT2D eigenvalue weighted by Gasteiger charge is 2.32. The van der Waals surface area contributed by atoms with Crippen LogP contribution in [0, 0.1) is 18.8 Å². The van der Waals surface area contributed by atoms with E-state index < -0.39 is 0 Å². The second-order valence-electron chi connectivity index (χ2n) is 4.45. The molecule has 0 aromatic heterocycles. The summed E-state index contributed by atoms with van der Waals surface area (Å²) in [5.41, 5.74) is 1.78. The zero-order chi connectivity index (χ0) is 11.0. The van der Waals surface area contributed by atoms with Crippen LogP contribution in [-0.2, 0) is 0 Å². The Morgan fingerprint density at radius 3 is 2.67 bits per heavy atom. The average molecular weight is 223 g/mol. The minimum absolute atomic E-state index is 0.156. The summed E-state index contributed by atoms with van der Waals surface area (Å²) >= 11 is 6.01. The van der Waals surface area contributed by atoms with Crippen molar-refractivity contribution in [1.29, 1.82) is 0 Å². The van der Waals surface area contributed by atoms with E-state index in [9.17, 15) is 4.79 Å². The van der Waals surface area contributed by atoms with Crippen molar-refractivity contribution in [3.05, 3.63) is 34.3 Å². The van der Waals surface area contributed by atoms with E-state index in [-0.39, 0.29) is 11.7 Å². The SMILES string of the molecule is Cc1ccc(C(=O)C(C)C2CC2)cc1Cl. The second-order valence-corrected chi connectivity index (χ2v) is 4.86. The Balaban J connectivity index is 2.21. The van der Waals surface area contributed by atoms with Crippen LogP contribution in [0.15, 0.2) is 18.2 Å². The monoisotopic (exact) mass is 222 g/mol. The first-order valence-corrected chi connectivity index (χ1v) is 5.77. The Morgan fingerprint density at radius 2 is 2.13 bits per heavy atom. The van der Waals surface area contributed by atoms with Crippen LogP contribution in [0.2, 0.25) is 5.02 Å². The van der Waals surface area contributed by atoms with Gasteiger partial charge in [-0.25, -0.2) is 0 Å². The fourth-order valence-electron chi connectivity index (χ4n) is 1.82. The second kappa shape index (κ2) is 3.97. The van der Waals surface area contributed by atoms with E-state index in [1.54, 1.807) is 6.07 Å². The van der Waals surface area contributed by atoms with Crippen LogP contribution in [0.3, 0.4) is 0 Å². The van der Waals surface area contributed by atoms with Crippen molar-refractivity contribution in [2.45, 2.75) is 26.7 Å². The molecule has 0 N–H and O–H groups in total. The number of hydrogen-bond donors (Lipinski definition) is 0. The third-order valence-electron chi connectivity index (χ3n) is 3.20. The van der Waals surface area contributed by atoms with Gasteiger partial charge in [-0.3, -0.25) is 4.79 Å². The molecule has 0 aliphatic heterocycles. The quantitative estimate of drug-likeness (QED) is 0.710. The molecule has 2 rings (SSSR count). The Bertz CT molecular complexity index is 394. The summed E-state index contributed by atoms with van der Waals surface area (Å²) in [4.78, 5) is 12.0. The molecule has 0 bridgehead atoms. The highest BCUT2D eigenvalue weighted by Crippen LogP contribution is 2.38. The summed E-state index contributed by atoms with van der Waals surface area (Å²) in [6.45, 7) is 3.97. The van der Waals surface area contributed by atoms with Gasteiger partial charge in [0, 0.05) is 16.5 Å². The minimum atomic E-state index is 0.156. The molecule has 1 unspecified atom stereocenters. The van der Waals surface area contributed by atoms with Gasteiger partial charge in [-0.15, -0.1) is 0 Å². The molecule has 1 fully saturated rings. The molecule has 1 aliphatic rings. The van der Waals surface area contributed by atoms with E-state index in [4.69, 9.17) is 11.6 Å². The zero-order valence-corrected chi connectivity index (χ0v) is 9.84. The van der Waals surface area contributed by atoms with Crippen LogP contribution in [0.4, 0.5) is 0 Å². The summed E-state index contributed by atoms with van der Waals surface area (Å²) in [5, 5.41) is 0.684. The van der Waals surface area contributed by atoms with Gasteiger partial charge in [0.25, 0.3) is 0 Å². The maximum atomic E-state index is 12.0. The molecule has 1 aromatic rings. The van der Waals surface area contributed by atoms with Crippen molar-refractivity contribution < 1.29 is 4.79 Å². The molecule has 0 radical (unpaired) electrons. The summed E-state index contributed by atoms with van der Waals surface area (Å²) in [6.07, 6.45) is 2.40. The zero-order valence-electron chi connectivity index (χ0n) is 9.09. The van der Waals surface area contributed by atoms with Crippen molar-refractivity contribution in [1.82, 2.24) is 0 Å². The maximum absolute atomic E-state index is 12.0. The van der Waals surface area contributed by atoms with Gasteiger partial charge in [0.1, 0.15) is 0 Å². The predicted octanol–water partition coefficient (Wildman–Crippen LogP) is 3.88. The van der Waals surface area contributed by atoms with Crippen molar-refractivity contribution in [3.63, 3.8) is 0 Å². The number of benzene rings is 1. The standard InChI is InChI=1S/C13H15ClO/c1-8-3-4-11(7-12(8)14)13(15)9(2)10-5-6-10/h3-4,7,9-10H,5-6H2,1-2H3. The molecule has 0 spiro atoms. The summed E-state index contributed by atoms with van der Waals surface area (Å²) in [6, 6.07) is 5.58. The molecule has 1 aromatic carbocycles. The first-order valence-electron chi connectivity index (χ1n) is 5.40. The molecular weight excluding hydrogens is 208 g/mol. The topological polar surface area (TPSA) is 17.1 Å². The van der Waals surface area contributed by atoms with E-state index >= 15 is 0 Å². The highest BCUT2D eigenvalue weighted by molar-refractivity contribution is 6.31. The van der Waals surface area contributed by atoms with Crippen LogP contribution in [0.5, 0.6) is 0 Å². The molecule has 0 saturated heterocycles. The Labute approximate surface area is 95.4 Å². The molecule has 80 valence electrons. The normalized spacial score (nSPS) is 17.5. The molecule has 1 saturated carbocycles. The number of ketones is 1. The number of Topliss-reactive ketones (excluding diaryl/α,β-unsaturated/α-hetero) is 1. The molecule has 1 nitrogen and oxygen atoms in total. The fraction of sp³-hybridized carbons (Fsp3) is 0.462. The highest BCUT2D eigenvalue weighted by atomic mass is 35.5. The van der Waals surface area contributed by atoms with E-state index in [0.29, 0.717) is 10.9 Å². The smallest absolute Gasteiger partial charge is 0.165 e. The molecule has 1 atom stereocenters. The first-order chi connectivity index (χ1) is 7.09. The number of rotatable bonds is 3. The van der Waals surface area contributed by atoms with Crippen molar-refractivity contribution in [3.8, 4) is 0 Å². The van der Waals surface area contributed by atoms with Crippen LogP contribution >= 0.6 is 11.6 Å². The fourth-order valence-corrected chi connectivity index (χ4v) is 2.00. The third kappa shape index (κ3) is 2.23. The van der Waals surface area contributed by atoms with Gasteiger partial charge in [0.05, 0.1) is 0 Å². The van der Waals surface area contributed by atoms with Crippen LogP contribution in [-0.4, -0.2) is 5.78 Å². The Morgan fingerprint density at radius 1 is 1.47 bits per heavy atom. The third-order valence-corrected chi connectivity index (χ3v) is 3.61. The van der Waals surface area contributed by atoms with Crippen molar-refractivity contribution in [2.75, 3.05) is 0 Å². The van der Waals surface area contributed by atoms with Crippen molar-refractivity contribution in [2.24, 2.45) is 11.8 Å². The molecule has 0 amide bonds. The number of carbonyl (C=O) groups excluding carboxylic acids is 1. The first kappa shape index (κ1) is 10.7. The van der Waals surface area contributed by atoms with Gasteiger partial charge in [0.15, 0.2) is 5.78 Å². The van der Waals surface area contributed by atoms with Crippen LogP contribution < -0.4 is 0 Å². The summed E-state index contributed by atoms with van der Waals surface area (Å²) in [5.74, 6) is 1.00. The Hall–Kier alpha value is -0.820. The van der Waals surface area contributed by atoms with E-state index in [2.05, 4.69) is 0 Å². The lowest BCUT2D eigenvalue weighted by molar-refractivity contribution is 0.0916. The van der Waals surface area contributed by atoms with Gasteiger partial charge < -0.3 is 0 Å². The number of aryl methyl sites for hydroxylation is 1. The molecule has 15 heavy (non-hydrogen) atoms. The maximum Gasteiger partial charge on any atom is 0.165 e. The lowest BCUT2D eigenvalue weighted by Gasteiger charge is -2.09. The number of halogens is 1. The van der Waals surface area contributed by atoms with Crippen LogP contribution in [0.25, 0.3) is 0 Å². The molecule has 2 heteroatoms. The summed E-state index contributed by atoms with van der Waals surface area (Å²) < 4.78 is 0. The average Bonchev–Trinajstić information content (AvgIpc) is 3.03. The number of hydrogen-bond acceptors (Lipinski definition) is 1. The van der Waals surface area contributed by atoms with E-state index in [1.807, 2.05) is 26.0 Å². The van der Waals surface area contributed by atoms with Crippen LogP contribution in [0.1, 0.15) is 35.7 Å². The molecule has 1 aliphatic carbocycles.